The smallest absolute Gasteiger partial charge is 0.351 e. The Morgan fingerprint density at radius 3 is 2.39 bits per heavy atom. The van der Waals surface area contributed by atoms with E-state index in [-0.39, 0.29) is 24.1 Å². The first kappa shape index (κ1) is 28.3. The zero-order chi connectivity index (χ0) is 29.0. The molecule has 1 aliphatic carbocycles. The number of anilines is 2. The lowest BCUT2D eigenvalue weighted by molar-refractivity contribution is -0.137. The van der Waals surface area contributed by atoms with Crippen LogP contribution < -0.4 is 15.5 Å². The highest BCUT2D eigenvalue weighted by Gasteiger charge is 2.35. The van der Waals surface area contributed by atoms with E-state index < -0.39 is 16.9 Å². The van der Waals surface area contributed by atoms with Crippen LogP contribution in [0.2, 0.25) is 5.15 Å². The number of halogens is 4. The van der Waals surface area contributed by atoms with Gasteiger partial charge in [0.05, 0.1) is 6.20 Å². The molecule has 3 heterocycles. The summed E-state index contributed by atoms with van der Waals surface area (Å²) in [4.78, 5) is 27.4. The van der Waals surface area contributed by atoms with Gasteiger partial charge in [0.15, 0.2) is 0 Å². The molecule has 5 rings (SSSR count). The number of pyridine rings is 1. The number of hydrogen-bond donors (Lipinski definition) is 2. The first-order valence-corrected chi connectivity index (χ1v) is 13.5. The van der Waals surface area contributed by atoms with Gasteiger partial charge >= 0.3 is 12.2 Å². The van der Waals surface area contributed by atoms with Crippen molar-refractivity contribution in [2.45, 2.75) is 50.5 Å². The first-order chi connectivity index (χ1) is 19.7. The SMILES string of the molecule is Cn1cc(-c2ccc(N(C(=O)NCc3ccccc3)C3CCC(Nc4ncc(C(F)(F)F)c(Cl)n4)CC3)nc2)cn1. The molecule has 41 heavy (non-hydrogen) atoms. The van der Waals surface area contributed by atoms with Crippen LogP contribution >= 0.6 is 11.6 Å². The van der Waals surface area contributed by atoms with E-state index in [1.807, 2.05) is 55.7 Å². The summed E-state index contributed by atoms with van der Waals surface area (Å²) in [6.45, 7) is 0.368. The third-order valence-electron chi connectivity index (χ3n) is 6.98. The van der Waals surface area contributed by atoms with E-state index in [0.29, 0.717) is 44.2 Å². The second kappa shape index (κ2) is 12.1. The van der Waals surface area contributed by atoms with E-state index in [9.17, 15) is 18.0 Å². The number of aryl methyl sites for hydroxylation is 1. The summed E-state index contributed by atoms with van der Waals surface area (Å²) in [6.07, 6.45) is 3.99. The van der Waals surface area contributed by atoms with E-state index in [4.69, 9.17) is 11.6 Å². The monoisotopic (exact) mass is 584 g/mol. The molecule has 13 heteroatoms. The van der Waals surface area contributed by atoms with Gasteiger partial charge in [-0.25, -0.2) is 19.7 Å². The highest BCUT2D eigenvalue weighted by Crippen LogP contribution is 2.34. The van der Waals surface area contributed by atoms with E-state index in [2.05, 4.69) is 30.7 Å². The predicted octanol–water partition coefficient (Wildman–Crippen LogP) is 6.08. The number of aromatic nitrogens is 5. The van der Waals surface area contributed by atoms with Crippen LogP contribution in [-0.4, -0.2) is 42.8 Å². The van der Waals surface area contributed by atoms with E-state index in [1.165, 1.54) is 0 Å². The quantitative estimate of drug-likeness (QED) is 0.255. The number of nitrogens with zero attached hydrogens (tertiary/aromatic N) is 6. The Morgan fingerprint density at radius 2 is 1.78 bits per heavy atom. The van der Waals surface area contributed by atoms with E-state index in [0.717, 1.165) is 16.7 Å². The van der Waals surface area contributed by atoms with Crippen molar-refractivity contribution in [1.82, 2.24) is 30.0 Å². The minimum absolute atomic E-state index is 0.0385. The van der Waals surface area contributed by atoms with Crippen LogP contribution in [0.15, 0.2) is 67.3 Å². The summed E-state index contributed by atoms with van der Waals surface area (Å²) in [7, 11) is 1.84. The van der Waals surface area contributed by atoms with Gasteiger partial charge in [-0.3, -0.25) is 9.58 Å². The Labute approximate surface area is 239 Å². The Hall–Kier alpha value is -4.19. The fourth-order valence-corrected chi connectivity index (χ4v) is 5.10. The maximum atomic E-state index is 13.5. The normalized spacial score (nSPS) is 17.2. The van der Waals surface area contributed by atoms with Gasteiger partial charge in [-0.05, 0) is 43.4 Å². The zero-order valence-electron chi connectivity index (χ0n) is 22.1. The van der Waals surface area contributed by atoms with E-state index >= 15 is 0 Å². The molecule has 2 amide bonds. The van der Waals surface area contributed by atoms with Gasteiger partial charge in [0, 0.05) is 55.4 Å². The minimum Gasteiger partial charge on any atom is -0.351 e. The van der Waals surface area contributed by atoms with Crippen molar-refractivity contribution in [2.24, 2.45) is 7.05 Å². The summed E-state index contributed by atoms with van der Waals surface area (Å²) in [5, 5.41) is 9.65. The molecule has 9 nitrogen and oxygen atoms in total. The van der Waals surface area contributed by atoms with Gasteiger partial charge in [0.25, 0.3) is 0 Å². The van der Waals surface area contributed by atoms with Gasteiger partial charge in [0.2, 0.25) is 5.95 Å². The number of urea groups is 1. The number of amides is 2. The number of nitrogens with one attached hydrogen (secondary N) is 2. The molecular weight excluding hydrogens is 557 g/mol. The lowest BCUT2D eigenvalue weighted by Gasteiger charge is -2.36. The number of hydrogen-bond acceptors (Lipinski definition) is 6. The molecule has 1 fully saturated rings. The van der Waals surface area contributed by atoms with Gasteiger partial charge in [0.1, 0.15) is 16.5 Å². The number of benzene rings is 1. The molecule has 1 aliphatic rings. The molecule has 214 valence electrons. The highest BCUT2D eigenvalue weighted by atomic mass is 35.5. The Morgan fingerprint density at radius 1 is 1.02 bits per heavy atom. The molecule has 0 aliphatic heterocycles. The third-order valence-corrected chi connectivity index (χ3v) is 7.27. The first-order valence-electron chi connectivity index (χ1n) is 13.1. The summed E-state index contributed by atoms with van der Waals surface area (Å²) in [6, 6.07) is 12.9. The van der Waals surface area contributed by atoms with Gasteiger partial charge in [-0.15, -0.1) is 0 Å². The maximum Gasteiger partial charge on any atom is 0.420 e. The molecule has 0 saturated heterocycles. The zero-order valence-corrected chi connectivity index (χ0v) is 22.9. The van der Waals surface area contributed by atoms with Crippen molar-refractivity contribution in [3.63, 3.8) is 0 Å². The van der Waals surface area contributed by atoms with Crippen molar-refractivity contribution in [3.8, 4) is 11.1 Å². The lowest BCUT2D eigenvalue weighted by atomic mass is 9.90. The molecule has 0 unspecified atom stereocenters. The summed E-state index contributed by atoms with van der Waals surface area (Å²) in [5.74, 6) is 0.564. The van der Waals surface area contributed by atoms with Crippen molar-refractivity contribution >= 4 is 29.4 Å². The maximum absolute atomic E-state index is 13.5. The average Bonchev–Trinajstić information content (AvgIpc) is 3.39. The van der Waals surface area contributed by atoms with Crippen LogP contribution in [0.4, 0.5) is 29.7 Å². The lowest BCUT2D eigenvalue weighted by Crippen LogP contribution is -2.49. The fraction of sp³-hybridized carbons (Fsp3) is 0.321. The molecule has 0 spiro atoms. The average molecular weight is 585 g/mol. The fourth-order valence-electron chi connectivity index (χ4n) is 4.87. The van der Waals surface area contributed by atoms with Crippen LogP contribution in [0, 0.1) is 0 Å². The van der Waals surface area contributed by atoms with Crippen LogP contribution in [0.3, 0.4) is 0 Å². The van der Waals surface area contributed by atoms with Crippen molar-refractivity contribution in [2.75, 3.05) is 10.2 Å². The Kier molecular flexibility index (Phi) is 8.39. The van der Waals surface area contributed by atoms with Crippen LogP contribution in [-0.2, 0) is 19.8 Å². The van der Waals surface area contributed by atoms with E-state index in [1.54, 1.807) is 22.0 Å². The third kappa shape index (κ3) is 6.94. The molecule has 0 atom stereocenters. The number of rotatable bonds is 7. The Bertz CT molecular complexity index is 1470. The molecular formula is C28H28ClF3N8O. The summed E-state index contributed by atoms with van der Waals surface area (Å²) in [5.41, 5.74) is 1.70. The van der Waals surface area contributed by atoms with Gasteiger partial charge in [-0.1, -0.05) is 41.9 Å². The molecule has 0 radical (unpaired) electrons. The predicted molar refractivity (Wildman–Crippen MR) is 149 cm³/mol. The molecule has 1 aromatic carbocycles. The molecule has 4 aromatic rings. The standard InChI is InChI=1S/C28H28ClF3N8O/c1-39-17-20(15-36-39)19-7-12-24(33-14-19)40(27(41)35-13-18-5-3-2-4-6-18)22-10-8-21(9-11-22)37-26-34-16-23(25(29)38-26)28(30,31)32/h2-7,12,14-17,21-22H,8-11,13H2,1H3,(H,35,41)(H,34,37,38). The van der Waals surface area contributed by atoms with Crippen molar-refractivity contribution in [1.29, 1.82) is 0 Å². The van der Waals surface area contributed by atoms with Gasteiger partial charge in [-0.2, -0.15) is 18.3 Å². The number of carbonyl (C=O) groups is 1. The highest BCUT2D eigenvalue weighted by molar-refractivity contribution is 6.30. The topological polar surface area (TPSA) is 101 Å². The van der Waals surface area contributed by atoms with Crippen LogP contribution in [0.1, 0.15) is 36.8 Å². The van der Waals surface area contributed by atoms with Gasteiger partial charge < -0.3 is 10.6 Å². The second-order valence-electron chi connectivity index (χ2n) is 9.87. The summed E-state index contributed by atoms with van der Waals surface area (Å²) >= 11 is 5.75. The van der Waals surface area contributed by atoms with Crippen molar-refractivity contribution < 1.29 is 18.0 Å². The molecule has 3 aromatic heterocycles. The largest absolute Gasteiger partial charge is 0.420 e. The Balaban J connectivity index is 1.29. The second-order valence-corrected chi connectivity index (χ2v) is 10.2. The minimum atomic E-state index is -4.62. The number of alkyl halides is 3. The number of carbonyl (C=O) groups excluding carboxylic acids is 1. The van der Waals surface area contributed by atoms with Crippen molar-refractivity contribution in [3.05, 3.63) is 83.5 Å². The van der Waals surface area contributed by atoms with Crippen LogP contribution in [0.25, 0.3) is 11.1 Å². The van der Waals surface area contributed by atoms with Crippen LogP contribution in [0.5, 0.6) is 0 Å². The molecule has 0 bridgehead atoms. The summed E-state index contributed by atoms with van der Waals surface area (Å²) < 4.78 is 40.7. The molecule has 1 saturated carbocycles. The molecule has 2 N–H and O–H groups in total.